The molecule has 0 spiro atoms. The Morgan fingerprint density at radius 3 is 2.79 bits per heavy atom. The minimum absolute atomic E-state index is 0.181. The Morgan fingerprint density at radius 1 is 1.43 bits per heavy atom. The maximum atomic E-state index is 5.74. The third-order valence-corrected chi connectivity index (χ3v) is 2.39. The summed E-state index contributed by atoms with van der Waals surface area (Å²) in [5.41, 5.74) is 2.27. The summed E-state index contributed by atoms with van der Waals surface area (Å²) in [5.74, 6) is 0.397. The van der Waals surface area contributed by atoms with E-state index in [2.05, 4.69) is 12.1 Å². The van der Waals surface area contributed by atoms with E-state index in [4.69, 9.17) is 16.4 Å². The minimum atomic E-state index is -0.181. The summed E-state index contributed by atoms with van der Waals surface area (Å²) in [6, 6.07) is 8.14. The SMILES string of the molecule is Cc1ccc(N2C=NO[C@H]2CCl)cc1. The van der Waals surface area contributed by atoms with Gasteiger partial charge in [-0.25, -0.2) is 0 Å². The fraction of sp³-hybridized carbons (Fsp3) is 0.300. The van der Waals surface area contributed by atoms with E-state index in [9.17, 15) is 0 Å². The molecule has 0 bridgehead atoms. The van der Waals surface area contributed by atoms with Crippen LogP contribution in [0.15, 0.2) is 29.4 Å². The summed E-state index contributed by atoms with van der Waals surface area (Å²) in [6.45, 7) is 2.05. The molecule has 0 amide bonds. The largest absolute Gasteiger partial charge is 0.367 e. The number of hydrogen-bond acceptors (Lipinski definition) is 3. The predicted octanol–water partition coefficient (Wildman–Crippen LogP) is 2.34. The van der Waals surface area contributed by atoms with Crippen LogP contribution in [0.1, 0.15) is 5.56 Å². The highest BCUT2D eigenvalue weighted by Crippen LogP contribution is 2.20. The summed E-state index contributed by atoms with van der Waals surface area (Å²) in [5, 5.41) is 3.73. The van der Waals surface area contributed by atoms with Gasteiger partial charge in [0.25, 0.3) is 0 Å². The lowest BCUT2D eigenvalue weighted by Crippen LogP contribution is -2.31. The summed E-state index contributed by atoms with van der Waals surface area (Å²) in [7, 11) is 0. The van der Waals surface area contributed by atoms with Crippen LogP contribution in [-0.2, 0) is 4.84 Å². The van der Waals surface area contributed by atoms with Crippen molar-refractivity contribution in [3.8, 4) is 0 Å². The van der Waals surface area contributed by atoms with Gasteiger partial charge < -0.3 is 4.84 Å². The average Bonchev–Trinajstić information content (AvgIpc) is 2.67. The number of nitrogens with zero attached hydrogens (tertiary/aromatic N) is 2. The van der Waals surface area contributed by atoms with Crippen molar-refractivity contribution >= 4 is 23.6 Å². The van der Waals surface area contributed by atoms with Gasteiger partial charge in [0.05, 0.1) is 5.88 Å². The monoisotopic (exact) mass is 210 g/mol. The first-order valence-electron chi connectivity index (χ1n) is 4.41. The lowest BCUT2D eigenvalue weighted by atomic mass is 10.2. The molecule has 1 aliphatic heterocycles. The van der Waals surface area contributed by atoms with E-state index in [1.165, 1.54) is 5.56 Å². The Hall–Kier alpha value is -1.22. The second-order valence-electron chi connectivity index (χ2n) is 3.18. The van der Waals surface area contributed by atoms with Crippen molar-refractivity contribution in [1.82, 2.24) is 0 Å². The maximum absolute atomic E-state index is 5.74. The molecule has 0 radical (unpaired) electrons. The van der Waals surface area contributed by atoms with Gasteiger partial charge in [-0.05, 0) is 19.1 Å². The molecule has 0 N–H and O–H groups in total. The summed E-state index contributed by atoms with van der Waals surface area (Å²) >= 11 is 5.74. The van der Waals surface area contributed by atoms with Crippen molar-refractivity contribution in [1.29, 1.82) is 0 Å². The predicted molar refractivity (Wildman–Crippen MR) is 57.7 cm³/mol. The number of aryl methyl sites for hydroxylation is 1. The molecule has 1 aromatic carbocycles. The van der Waals surface area contributed by atoms with E-state index in [1.807, 2.05) is 29.2 Å². The summed E-state index contributed by atoms with van der Waals surface area (Å²) in [4.78, 5) is 6.97. The number of halogens is 1. The van der Waals surface area contributed by atoms with Crippen molar-refractivity contribution in [2.75, 3.05) is 10.8 Å². The number of oxime groups is 1. The molecular weight excluding hydrogens is 200 g/mol. The Labute approximate surface area is 87.9 Å². The molecule has 0 saturated carbocycles. The zero-order valence-corrected chi connectivity index (χ0v) is 8.61. The van der Waals surface area contributed by atoms with Crippen molar-refractivity contribution < 1.29 is 4.84 Å². The minimum Gasteiger partial charge on any atom is -0.367 e. The lowest BCUT2D eigenvalue weighted by molar-refractivity contribution is 0.103. The van der Waals surface area contributed by atoms with Crippen LogP contribution >= 0.6 is 11.6 Å². The van der Waals surface area contributed by atoms with Crippen LogP contribution in [0.5, 0.6) is 0 Å². The number of hydrogen-bond donors (Lipinski definition) is 0. The molecular formula is C10H11ClN2O. The van der Waals surface area contributed by atoms with Crippen LogP contribution < -0.4 is 4.90 Å². The number of anilines is 1. The van der Waals surface area contributed by atoms with Gasteiger partial charge in [-0.3, -0.25) is 4.90 Å². The van der Waals surface area contributed by atoms with Crippen molar-refractivity contribution in [2.24, 2.45) is 5.16 Å². The topological polar surface area (TPSA) is 24.8 Å². The van der Waals surface area contributed by atoms with E-state index in [-0.39, 0.29) is 6.23 Å². The summed E-state index contributed by atoms with van der Waals surface area (Å²) < 4.78 is 0. The molecule has 2 rings (SSSR count). The first kappa shape index (κ1) is 9.34. The van der Waals surface area contributed by atoms with Crippen molar-refractivity contribution in [3.63, 3.8) is 0 Å². The van der Waals surface area contributed by atoms with Gasteiger partial charge in [0, 0.05) is 5.69 Å². The molecule has 0 aromatic heterocycles. The van der Waals surface area contributed by atoms with Gasteiger partial charge in [-0.15, -0.1) is 11.6 Å². The molecule has 14 heavy (non-hydrogen) atoms. The van der Waals surface area contributed by atoms with Gasteiger partial charge in [0.2, 0.25) is 6.23 Å². The highest BCUT2D eigenvalue weighted by atomic mass is 35.5. The van der Waals surface area contributed by atoms with E-state index in [0.29, 0.717) is 5.88 Å². The average molecular weight is 211 g/mol. The van der Waals surface area contributed by atoms with Gasteiger partial charge >= 0.3 is 0 Å². The molecule has 0 fully saturated rings. The zero-order chi connectivity index (χ0) is 9.97. The molecule has 0 aliphatic carbocycles. The van der Waals surface area contributed by atoms with E-state index >= 15 is 0 Å². The lowest BCUT2D eigenvalue weighted by Gasteiger charge is -2.19. The Balaban J connectivity index is 2.22. The van der Waals surface area contributed by atoms with Crippen molar-refractivity contribution in [2.45, 2.75) is 13.2 Å². The first-order chi connectivity index (χ1) is 6.81. The summed E-state index contributed by atoms with van der Waals surface area (Å²) in [6.07, 6.45) is 1.47. The number of rotatable bonds is 2. The Morgan fingerprint density at radius 2 is 2.14 bits per heavy atom. The highest BCUT2D eigenvalue weighted by Gasteiger charge is 2.22. The fourth-order valence-corrected chi connectivity index (χ4v) is 1.53. The third kappa shape index (κ3) is 1.68. The Bertz CT molecular complexity index is 336. The van der Waals surface area contributed by atoms with Crippen LogP contribution in [0.25, 0.3) is 0 Å². The Kier molecular flexibility index (Phi) is 2.59. The first-order valence-corrected chi connectivity index (χ1v) is 4.95. The number of alkyl halides is 1. The standard InChI is InChI=1S/C10H11ClN2O/c1-8-2-4-9(5-3-8)13-7-12-14-10(13)6-11/h2-5,7,10H,6H2,1H3/t10-/m0/s1. The van der Waals surface area contributed by atoms with E-state index in [1.54, 1.807) is 6.34 Å². The van der Waals surface area contributed by atoms with E-state index < -0.39 is 0 Å². The maximum Gasteiger partial charge on any atom is 0.218 e. The molecule has 4 heteroatoms. The van der Waals surface area contributed by atoms with Crippen LogP contribution in [0.4, 0.5) is 5.69 Å². The molecule has 3 nitrogen and oxygen atoms in total. The van der Waals surface area contributed by atoms with Gasteiger partial charge in [-0.1, -0.05) is 22.9 Å². The normalized spacial score (nSPS) is 19.9. The van der Waals surface area contributed by atoms with Crippen LogP contribution in [0.2, 0.25) is 0 Å². The molecule has 1 aliphatic rings. The zero-order valence-electron chi connectivity index (χ0n) is 7.85. The number of benzene rings is 1. The second kappa shape index (κ2) is 3.88. The van der Waals surface area contributed by atoms with Gasteiger partial charge in [0.15, 0.2) is 0 Å². The van der Waals surface area contributed by atoms with Crippen LogP contribution in [0, 0.1) is 6.92 Å². The van der Waals surface area contributed by atoms with Gasteiger partial charge in [0.1, 0.15) is 6.34 Å². The molecule has 1 heterocycles. The highest BCUT2D eigenvalue weighted by molar-refractivity contribution is 6.18. The van der Waals surface area contributed by atoms with Crippen LogP contribution in [-0.4, -0.2) is 18.4 Å². The molecule has 0 saturated heterocycles. The second-order valence-corrected chi connectivity index (χ2v) is 3.49. The third-order valence-electron chi connectivity index (χ3n) is 2.13. The van der Waals surface area contributed by atoms with Crippen molar-refractivity contribution in [3.05, 3.63) is 29.8 Å². The smallest absolute Gasteiger partial charge is 0.218 e. The fourth-order valence-electron chi connectivity index (χ4n) is 1.33. The molecule has 0 unspecified atom stereocenters. The molecule has 1 aromatic rings. The van der Waals surface area contributed by atoms with Crippen LogP contribution in [0.3, 0.4) is 0 Å². The van der Waals surface area contributed by atoms with Gasteiger partial charge in [-0.2, -0.15) is 0 Å². The van der Waals surface area contributed by atoms with E-state index in [0.717, 1.165) is 5.69 Å². The quantitative estimate of drug-likeness (QED) is 0.700. The molecule has 74 valence electrons. The molecule has 1 atom stereocenters.